The van der Waals surface area contributed by atoms with Crippen molar-refractivity contribution in [3.63, 3.8) is 0 Å². The zero-order valence-electron chi connectivity index (χ0n) is 39.9. The number of esters is 1. The van der Waals surface area contributed by atoms with E-state index in [2.05, 4.69) is 43.5 Å². The highest BCUT2D eigenvalue weighted by molar-refractivity contribution is 5.76. The third-order valence-corrected chi connectivity index (χ3v) is 11.9. The third-order valence-electron chi connectivity index (χ3n) is 11.9. The summed E-state index contributed by atoms with van der Waals surface area (Å²) < 4.78 is 5.45. The van der Waals surface area contributed by atoms with Gasteiger partial charge in [0, 0.05) is 12.8 Å². The van der Waals surface area contributed by atoms with E-state index in [-0.39, 0.29) is 18.5 Å². The van der Waals surface area contributed by atoms with E-state index in [4.69, 9.17) is 4.74 Å². The number of rotatable bonds is 48. The van der Waals surface area contributed by atoms with Gasteiger partial charge in [0.2, 0.25) is 5.91 Å². The minimum Gasteiger partial charge on any atom is -0.466 e. The van der Waals surface area contributed by atoms with E-state index in [0.717, 1.165) is 64.2 Å². The average molecular weight is 844 g/mol. The van der Waals surface area contributed by atoms with Crippen LogP contribution in [0.15, 0.2) is 36.5 Å². The van der Waals surface area contributed by atoms with E-state index in [1.807, 2.05) is 6.08 Å². The molecule has 0 spiro atoms. The lowest BCUT2D eigenvalue weighted by Gasteiger charge is -2.20. The summed E-state index contributed by atoms with van der Waals surface area (Å²) in [5, 5.41) is 23.0. The summed E-state index contributed by atoms with van der Waals surface area (Å²) in [7, 11) is 0. The van der Waals surface area contributed by atoms with E-state index in [9.17, 15) is 19.8 Å². The lowest BCUT2D eigenvalue weighted by molar-refractivity contribution is -0.143. The van der Waals surface area contributed by atoms with Crippen molar-refractivity contribution >= 4 is 11.9 Å². The Balaban J connectivity index is 3.50. The van der Waals surface area contributed by atoms with Crippen molar-refractivity contribution in [2.24, 2.45) is 0 Å². The standard InChI is InChI=1S/C54H101NO5/c1-3-5-7-9-11-13-15-17-24-28-32-36-40-44-48-54(59)60-49-45-41-37-33-29-25-21-19-18-20-23-27-31-35-39-43-47-53(58)55-51(50-56)52(57)46-42-38-34-30-26-22-16-14-12-10-8-6-4-2/h15,17-18,20,42,46,51-52,56-57H,3-14,16,19,21-41,43-45,47-50H2,1-2H3,(H,55,58)/b17-15-,20-18-,46-42+. The van der Waals surface area contributed by atoms with Crippen molar-refractivity contribution in [1.82, 2.24) is 5.32 Å². The second-order valence-electron chi connectivity index (χ2n) is 17.8. The molecule has 0 aromatic rings. The zero-order valence-corrected chi connectivity index (χ0v) is 39.9. The summed E-state index contributed by atoms with van der Waals surface area (Å²) in [5.74, 6) is -0.0994. The molecule has 0 heterocycles. The van der Waals surface area contributed by atoms with Crippen LogP contribution in [0.25, 0.3) is 0 Å². The Bertz CT molecular complexity index is 977. The average Bonchev–Trinajstić information content (AvgIpc) is 3.25. The summed E-state index contributed by atoms with van der Waals surface area (Å²) in [6.45, 7) is 4.85. The van der Waals surface area contributed by atoms with Crippen molar-refractivity contribution < 1.29 is 24.5 Å². The van der Waals surface area contributed by atoms with E-state index < -0.39 is 12.1 Å². The molecule has 0 saturated heterocycles. The van der Waals surface area contributed by atoms with E-state index in [0.29, 0.717) is 19.4 Å². The highest BCUT2D eigenvalue weighted by atomic mass is 16.5. The number of aliphatic hydroxyl groups is 2. The molecule has 0 aliphatic carbocycles. The first-order chi connectivity index (χ1) is 29.5. The van der Waals surface area contributed by atoms with E-state index >= 15 is 0 Å². The van der Waals surface area contributed by atoms with E-state index in [1.54, 1.807) is 6.08 Å². The molecule has 0 aliphatic rings. The van der Waals surface area contributed by atoms with Crippen LogP contribution in [0.5, 0.6) is 0 Å². The second kappa shape index (κ2) is 49.7. The van der Waals surface area contributed by atoms with Gasteiger partial charge in [0.25, 0.3) is 0 Å². The van der Waals surface area contributed by atoms with Gasteiger partial charge in [0.05, 0.1) is 25.4 Å². The second-order valence-corrected chi connectivity index (χ2v) is 17.8. The number of ether oxygens (including phenoxy) is 1. The first-order valence-corrected chi connectivity index (χ1v) is 26.3. The quantitative estimate of drug-likeness (QED) is 0.0322. The van der Waals surface area contributed by atoms with Crippen LogP contribution in [0, 0.1) is 0 Å². The topological polar surface area (TPSA) is 95.9 Å². The maximum Gasteiger partial charge on any atom is 0.305 e. The zero-order chi connectivity index (χ0) is 43.7. The smallest absolute Gasteiger partial charge is 0.305 e. The molecule has 0 bridgehead atoms. The van der Waals surface area contributed by atoms with Gasteiger partial charge >= 0.3 is 5.97 Å². The molecule has 6 heteroatoms. The molecule has 0 aliphatic heterocycles. The Morgan fingerprint density at radius 1 is 0.450 bits per heavy atom. The molecule has 0 rings (SSSR count). The monoisotopic (exact) mass is 844 g/mol. The molecular weight excluding hydrogens is 743 g/mol. The van der Waals surface area contributed by atoms with Gasteiger partial charge in [0.15, 0.2) is 0 Å². The summed E-state index contributed by atoms with van der Waals surface area (Å²) >= 11 is 0. The summed E-state index contributed by atoms with van der Waals surface area (Å²) in [5.41, 5.74) is 0. The van der Waals surface area contributed by atoms with Crippen molar-refractivity contribution in [3.05, 3.63) is 36.5 Å². The minimum absolute atomic E-state index is 0.0131. The number of allylic oxidation sites excluding steroid dienone is 5. The van der Waals surface area contributed by atoms with Gasteiger partial charge in [-0.1, -0.05) is 211 Å². The maximum atomic E-state index is 12.4. The van der Waals surface area contributed by atoms with Crippen LogP contribution >= 0.6 is 0 Å². The largest absolute Gasteiger partial charge is 0.466 e. The highest BCUT2D eigenvalue weighted by Crippen LogP contribution is 2.15. The lowest BCUT2D eigenvalue weighted by atomic mass is 10.0. The molecule has 0 aromatic heterocycles. The SMILES string of the molecule is CCCCCCC/C=C\CCCCCCCC(=O)OCCCCCCCCC/C=C\CCCCCCCC(=O)NC(CO)C(O)/C=C/CCCCCCCCCCCCC. The molecule has 0 radical (unpaired) electrons. The Hall–Kier alpha value is -1.92. The predicted molar refractivity (Wildman–Crippen MR) is 259 cm³/mol. The number of aliphatic hydroxyl groups excluding tert-OH is 2. The molecule has 2 atom stereocenters. The van der Waals surface area contributed by atoms with Gasteiger partial charge in [-0.15, -0.1) is 0 Å². The van der Waals surface area contributed by atoms with E-state index in [1.165, 1.54) is 180 Å². The first kappa shape index (κ1) is 58.1. The number of unbranched alkanes of at least 4 members (excludes halogenated alkanes) is 33. The van der Waals surface area contributed by atoms with Crippen LogP contribution in [-0.4, -0.2) is 47.4 Å². The van der Waals surface area contributed by atoms with Gasteiger partial charge in [-0.2, -0.15) is 0 Å². The first-order valence-electron chi connectivity index (χ1n) is 26.3. The number of hydrogen-bond donors (Lipinski definition) is 3. The van der Waals surface area contributed by atoms with Crippen LogP contribution in [0.1, 0.15) is 271 Å². The Morgan fingerprint density at radius 3 is 1.18 bits per heavy atom. The Labute approximate surface area is 373 Å². The molecule has 0 fully saturated rings. The van der Waals surface area contributed by atoms with Gasteiger partial charge < -0.3 is 20.3 Å². The number of carbonyl (C=O) groups excluding carboxylic acids is 2. The van der Waals surface area contributed by atoms with Crippen LogP contribution < -0.4 is 5.32 Å². The maximum absolute atomic E-state index is 12.4. The molecule has 3 N–H and O–H groups in total. The number of hydrogen-bond acceptors (Lipinski definition) is 5. The molecule has 352 valence electrons. The molecule has 60 heavy (non-hydrogen) atoms. The molecule has 6 nitrogen and oxygen atoms in total. The molecule has 2 unspecified atom stereocenters. The van der Waals surface area contributed by atoms with Gasteiger partial charge in [-0.25, -0.2) is 0 Å². The van der Waals surface area contributed by atoms with Crippen molar-refractivity contribution in [3.8, 4) is 0 Å². The van der Waals surface area contributed by atoms with Crippen LogP contribution in [0.3, 0.4) is 0 Å². The molecule has 0 saturated carbocycles. The molecular formula is C54H101NO5. The lowest BCUT2D eigenvalue weighted by Crippen LogP contribution is -2.45. The third kappa shape index (κ3) is 45.6. The number of nitrogens with one attached hydrogen (secondary N) is 1. The van der Waals surface area contributed by atoms with Crippen LogP contribution in [0.4, 0.5) is 0 Å². The fourth-order valence-corrected chi connectivity index (χ4v) is 7.80. The number of carbonyl (C=O) groups is 2. The van der Waals surface area contributed by atoms with Crippen LogP contribution in [0.2, 0.25) is 0 Å². The van der Waals surface area contributed by atoms with Crippen molar-refractivity contribution in [2.75, 3.05) is 13.2 Å². The number of amides is 1. The van der Waals surface area contributed by atoms with Crippen LogP contribution in [-0.2, 0) is 14.3 Å². The minimum atomic E-state index is -0.854. The molecule has 1 amide bonds. The predicted octanol–water partition coefficient (Wildman–Crippen LogP) is 15.7. The van der Waals surface area contributed by atoms with Gasteiger partial charge in [-0.05, 0) is 83.5 Å². The van der Waals surface area contributed by atoms with Gasteiger partial charge in [-0.3, -0.25) is 9.59 Å². The van der Waals surface area contributed by atoms with Crippen molar-refractivity contribution in [2.45, 2.75) is 283 Å². The Kier molecular flexibility index (Phi) is 48.1. The van der Waals surface area contributed by atoms with Crippen molar-refractivity contribution in [1.29, 1.82) is 0 Å². The summed E-state index contributed by atoms with van der Waals surface area (Å²) in [6.07, 6.45) is 60.0. The van der Waals surface area contributed by atoms with Gasteiger partial charge in [0.1, 0.15) is 0 Å². The summed E-state index contributed by atoms with van der Waals surface area (Å²) in [6, 6.07) is -0.639. The summed E-state index contributed by atoms with van der Waals surface area (Å²) in [4.78, 5) is 24.4. The normalized spacial score (nSPS) is 12.9. The fraction of sp³-hybridized carbons (Fsp3) is 0.852. The molecule has 0 aromatic carbocycles. The Morgan fingerprint density at radius 2 is 0.783 bits per heavy atom. The fourth-order valence-electron chi connectivity index (χ4n) is 7.80. The highest BCUT2D eigenvalue weighted by Gasteiger charge is 2.18.